The maximum absolute atomic E-state index is 10.8. The molecule has 1 heterocycles. The highest BCUT2D eigenvalue weighted by Crippen LogP contribution is 1.95. The fraction of sp³-hybridized carbons (Fsp3) is 0.125. The van der Waals surface area contributed by atoms with Gasteiger partial charge in [0.1, 0.15) is 12.2 Å². The van der Waals surface area contributed by atoms with Gasteiger partial charge in [0.15, 0.2) is 0 Å². The van der Waals surface area contributed by atoms with Crippen LogP contribution in [0.15, 0.2) is 27.8 Å². The minimum atomic E-state index is -0.693. The standard InChI is InChI=1S/C8H8N2O3/c9-7(11)4-8(12)10-5-6-2-1-3-13-6/h1-3,5H,4H2,(H2,9,11). The summed E-state index contributed by atoms with van der Waals surface area (Å²) in [6, 6.07) is 3.31. The Balaban J connectivity index is 2.49. The van der Waals surface area contributed by atoms with Crippen LogP contribution < -0.4 is 5.73 Å². The number of aliphatic imine (C=N–C) groups is 1. The van der Waals surface area contributed by atoms with Crippen molar-refractivity contribution >= 4 is 18.0 Å². The number of primary amides is 1. The van der Waals surface area contributed by atoms with E-state index < -0.39 is 11.8 Å². The molecule has 0 bridgehead atoms. The van der Waals surface area contributed by atoms with E-state index in [1.54, 1.807) is 12.1 Å². The molecule has 1 aromatic heterocycles. The number of hydrogen-bond acceptors (Lipinski definition) is 3. The second kappa shape index (κ2) is 4.20. The molecule has 0 fully saturated rings. The molecule has 0 aliphatic carbocycles. The van der Waals surface area contributed by atoms with Gasteiger partial charge in [0.25, 0.3) is 5.91 Å². The summed E-state index contributed by atoms with van der Waals surface area (Å²) in [5.74, 6) is -0.816. The average molecular weight is 180 g/mol. The second-order valence-corrected chi connectivity index (χ2v) is 2.31. The van der Waals surface area contributed by atoms with E-state index in [2.05, 4.69) is 4.99 Å². The number of nitrogens with zero attached hydrogens (tertiary/aromatic N) is 1. The van der Waals surface area contributed by atoms with E-state index >= 15 is 0 Å². The topological polar surface area (TPSA) is 85.7 Å². The monoisotopic (exact) mass is 180 g/mol. The molecular weight excluding hydrogens is 172 g/mol. The number of nitrogens with two attached hydrogens (primary N) is 1. The van der Waals surface area contributed by atoms with E-state index in [9.17, 15) is 9.59 Å². The van der Waals surface area contributed by atoms with Crippen LogP contribution in [0.4, 0.5) is 0 Å². The molecule has 2 N–H and O–H groups in total. The molecule has 0 spiro atoms. The number of rotatable bonds is 3. The highest BCUT2D eigenvalue weighted by atomic mass is 16.3. The van der Waals surface area contributed by atoms with Gasteiger partial charge in [0, 0.05) is 0 Å². The molecule has 0 radical (unpaired) electrons. The van der Waals surface area contributed by atoms with E-state index in [-0.39, 0.29) is 6.42 Å². The number of carbonyl (C=O) groups excluding carboxylic acids is 2. The molecule has 1 rings (SSSR count). The van der Waals surface area contributed by atoms with Crippen molar-refractivity contribution in [1.29, 1.82) is 0 Å². The summed E-state index contributed by atoms with van der Waals surface area (Å²) in [6.45, 7) is 0. The molecule has 68 valence electrons. The minimum Gasteiger partial charge on any atom is -0.463 e. The second-order valence-electron chi connectivity index (χ2n) is 2.31. The number of carbonyl (C=O) groups is 2. The van der Waals surface area contributed by atoms with Gasteiger partial charge in [-0.2, -0.15) is 0 Å². The van der Waals surface area contributed by atoms with E-state index in [0.717, 1.165) is 0 Å². The lowest BCUT2D eigenvalue weighted by Crippen LogP contribution is -2.14. The molecule has 0 unspecified atom stereocenters. The van der Waals surface area contributed by atoms with Crippen LogP contribution in [-0.2, 0) is 9.59 Å². The molecule has 13 heavy (non-hydrogen) atoms. The maximum atomic E-state index is 10.8. The molecule has 0 saturated carbocycles. The average Bonchev–Trinajstić information content (AvgIpc) is 2.51. The maximum Gasteiger partial charge on any atom is 0.255 e. The van der Waals surface area contributed by atoms with Crippen LogP contribution in [0.1, 0.15) is 12.2 Å². The molecule has 0 aliphatic rings. The summed E-state index contributed by atoms with van der Waals surface area (Å²) in [6.07, 6.45) is 2.32. The highest BCUT2D eigenvalue weighted by molar-refractivity contribution is 6.00. The van der Waals surface area contributed by atoms with Crippen LogP contribution in [0.3, 0.4) is 0 Å². The third-order valence-corrected chi connectivity index (χ3v) is 1.20. The lowest BCUT2D eigenvalue weighted by molar-refractivity contribution is -0.125. The van der Waals surface area contributed by atoms with Crippen LogP contribution in [0.2, 0.25) is 0 Å². The Morgan fingerprint density at radius 1 is 1.62 bits per heavy atom. The molecule has 0 saturated heterocycles. The van der Waals surface area contributed by atoms with Crippen LogP contribution in [0, 0.1) is 0 Å². The summed E-state index contributed by atoms with van der Waals surface area (Å²) >= 11 is 0. The van der Waals surface area contributed by atoms with Crippen molar-refractivity contribution in [3.63, 3.8) is 0 Å². The van der Waals surface area contributed by atoms with Gasteiger partial charge in [0.2, 0.25) is 5.91 Å². The Morgan fingerprint density at radius 2 is 2.38 bits per heavy atom. The summed E-state index contributed by atoms with van der Waals surface area (Å²) in [5, 5.41) is 0. The van der Waals surface area contributed by atoms with Gasteiger partial charge in [-0.3, -0.25) is 9.59 Å². The molecule has 5 nitrogen and oxygen atoms in total. The lowest BCUT2D eigenvalue weighted by Gasteiger charge is -1.87. The van der Waals surface area contributed by atoms with Crippen LogP contribution in [0.25, 0.3) is 0 Å². The largest absolute Gasteiger partial charge is 0.463 e. The highest BCUT2D eigenvalue weighted by Gasteiger charge is 2.02. The van der Waals surface area contributed by atoms with Gasteiger partial charge in [-0.25, -0.2) is 4.99 Å². The Hall–Kier alpha value is -1.91. The summed E-state index contributed by atoms with van der Waals surface area (Å²) in [4.78, 5) is 24.5. The number of hydrogen-bond donors (Lipinski definition) is 1. The van der Waals surface area contributed by atoms with Crippen molar-refractivity contribution in [2.45, 2.75) is 6.42 Å². The van der Waals surface area contributed by atoms with Crippen molar-refractivity contribution in [2.24, 2.45) is 10.7 Å². The fourth-order valence-corrected chi connectivity index (χ4v) is 0.695. The van der Waals surface area contributed by atoms with Crippen molar-refractivity contribution in [3.8, 4) is 0 Å². The van der Waals surface area contributed by atoms with Crippen molar-refractivity contribution in [2.75, 3.05) is 0 Å². The quantitative estimate of drug-likeness (QED) is 0.528. The van der Waals surface area contributed by atoms with Crippen molar-refractivity contribution in [3.05, 3.63) is 24.2 Å². The van der Waals surface area contributed by atoms with E-state index in [4.69, 9.17) is 10.2 Å². The first-order valence-corrected chi connectivity index (χ1v) is 3.57. The van der Waals surface area contributed by atoms with E-state index in [0.29, 0.717) is 5.76 Å². The van der Waals surface area contributed by atoms with Crippen LogP contribution in [-0.4, -0.2) is 18.0 Å². The SMILES string of the molecule is NC(=O)CC(=O)N=Cc1ccco1. The molecule has 0 aromatic carbocycles. The first kappa shape index (κ1) is 9.18. The van der Waals surface area contributed by atoms with Crippen LogP contribution in [0.5, 0.6) is 0 Å². The first-order valence-electron chi connectivity index (χ1n) is 3.57. The van der Waals surface area contributed by atoms with Crippen molar-refractivity contribution in [1.82, 2.24) is 0 Å². The zero-order valence-corrected chi connectivity index (χ0v) is 6.77. The Bertz CT molecular complexity index is 327. The molecule has 0 atom stereocenters. The zero-order chi connectivity index (χ0) is 9.68. The van der Waals surface area contributed by atoms with Gasteiger partial charge >= 0.3 is 0 Å². The minimum absolute atomic E-state index is 0.378. The molecule has 1 aromatic rings. The molecule has 5 heteroatoms. The Morgan fingerprint density at radius 3 is 2.92 bits per heavy atom. The van der Waals surface area contributed by atoms with Gasteiger partial charge in [-0.05, 0) is 12.1 Å². The Kier molecular flexibility index (Phi) is 2.97. The smallest absolute Gasteiger partial charge is 0.255 e. The number of amides is 2. The predicted octanol–water partition coefficient (Wildman–Crippen LogP) is 0.100. The predicted molar refractivity (Wildman–Crippen MR) is 45.1 cm³/mol. The third kappa shape index (κ3) is 3.33. The summed E-state index contributed by atoms with van der Waals surface area (Å²) in [7, 11) is 0. The first-order chi connectivity index (χ1) is 6.18. The van der Waals surface area contributed by atoms with Gasteiger partial charge in [-0.1, -0.05) is 0 Å². The van der Waals surface area contributed by atoms with E-state index in [1.807, 2.05) is 0 Å². The molecule has 0 aliphatic heterocycles. The van der Waals surface area contributed by atoms with Gasteiger partial charge < -0.3 is 10.2 Å². The Labute approximate surface area is 74.2 Å². The summed E-state index contributed by atoms with van der Waals surface area (Å²) in [5.41, 5.74) is 4.79. The fourth-order valence-electron chi connectivity index (χ4n) is 0.695. The third-order valence-electron chi connectivity index (χ3n) is 1.20. The molecule has 2 amide bonds. The van der Waals surface area contributed by atoms with Gasteiger partial charge in [0.05, 0.1) is 12.5 Å². The van der Waals surface area contributed by atoms with Crippen molar-refractivity contribution < 1.29 is 14.0 Å². The molecular formula is C8H8N2O3. The normalized spacial score (nSPS) is 10.5. The van der Waals surface area contributed by atoms with Gasteiger partial charge in [-0.15, -0.1) is 0 Å². The summed E-state index contributed by atoms with van der Waals surface area (Å²) < 4.78 is 4.87. The zero-order valence-electron chi connectivity index (χ0n) is 6.77. The number of furan rings is 1. The van der Waals surface area contributed by atoms with E-state index in [1.165, 1.54) is 12.5 Å². The lowest BCUT2D eigenvalue weighted by atomic mass is 10.4. The van der Waals surface area contributed by atoms with Crippen LogP contribution >= 0.6 is 0 Å².